The van der Waals surface area contributed by atoms with Crippen molar-refractivity contribution in [2.24, 2.45) is 10.8 Å². The normalized spacial score (nSPS) is 15.4. The summed E-state index contributed by atoms with van der Waals surface area (Å²) in [7, 11) is 0. The number of hydrazone groups is 1. The second-order valence-corrected chi connectivity index (χ2v) is 6.22. The number of hydrogen-bond donors (Lipinski definition) is 1. The van der Waals surface area contributed by atoms with Gasteiger partial charge in [0.1, 0.15) is 17.2 Å². The summed E-state index contributed by atoms with van der Waals surface area (Å²) in [5, 5.41) is 6.82. The molecule has 0 radical (unpaired) electrons. The number of nitrogens with zero attached hydrogens (tertiary/aromatic N) is 2. The van der Waals surface area contributed by atoms with E-state index in [1.54, 1.807) is 0 Å². The van der Waals surface area contributed by atoms with E-state index in [0.717, 1.165) is 35.6 Å². The van der Waals surface area contributed by atoms with Gasteiger partial charge in [-0.3, -0.25) is 9.80 Å². The number of primary amides is 1. The van der Waals surface area contributed by atoms with Gasteiger partial charge in [0.2, 0.25) is 5.91 Å². The molecular weight excluding hydrogens is 314 g/mol. The van der Waals surface area contributed by atoms with Crippen LogP contribution in [0.4, 0.5) is 0 Å². The first kappa shape index (κ1) is 15.4. The largest absolute Gasteiger partial charge is 0.460 e. The third kappa shape index (κ3) is 3.13. The minimum atomic E-state index is -0.399. The summed E-state index contributed by atoms with van der Waals surface area (Å²) in [5.41, 5.74) is 9.49. The summed E-state index contributed by atoms with van der Waals surface area (Å²) in [6, 6.07) is 18.1. The van der Waals surface area contributed by atoms with Crippen LogP contribution in [-0.2, 0) is 11.2 Å². The maximum atomic E-state index is 11.4. The van der Waals surface area contributed by atoms with Crippen molar-refractivity contribution in [3.8, 4) is 5.75 Å². The molecule has 0 aliphatic carbocycles. The lowest BCUT2D eigenvalue weighted by Crippen LogP contribution is -2.23. The first-order chi connectivity index (χ1) is 12.2. The molecule has 2 aliphatic rings. The number of carbonyl (C=O) groups is 1. The molecule has 126 valence electrons. The van der Waals surface area contributed by atoms with E-state index in [0.29, 0.717) is 12.3 Å². The zero-order chi connectivity index (χ0) is 17.2. The maximum absolute atomic E-state index is 11.4. The molecule has 1 amide bonds. The van der Waals surface area contributed by atoms with Gasteiger partial charge in [0.25, 0.3) is 0 Å². The van der Waals surface area contributed by atoms with Gasteiger partial charge in [0, 0.05) is 17.7 Å². The van der Waals surface area contributed by atoms with Crippen molar-refractivity contribution in [1.82, 2.24) is 5.01 Å². The van der Waals surface area contributed by atoms with Crippen molar-refractivity contribution in [3.05, 3.63) is 77.1 Å². The molecule has 0 spiro atoms. The lowest BCUT2D eigenvalue weighted by molar-refractivity contribution is -0.117. The fourth-order valence-electron chi connectivity index (χ4n) is 3.21. The van der Waals surface area contributed by atoms with Crippen LogP contribution in [0.1, 0.15) is 17.5 Å². The minimum Gasteiger partial charge on any atom is -0.460 e. The van der Waals surface area contributed by atoms with Gasteiger partial charge in [-0.1, -0.05) is 42.5 Å². The highest BCUT2D eigenvalue weighted by molar-refractivity contribution is 6.16. The summed E-state index contributed by atoms with van der Waals surface area (Å²) in [4.78, 5) is 11.4. The van der Waals surface area contributed by atoms with E-state index in [1.807, 2.05) is 47.5 Å². The SMILES string of the molecule is NC(=O)CC1=C2CN(CCc3ccccc3)N=C2c2ccccc2O1. The second-order valence-electron chi connectivity index (χ2n) is 6.22. The average molecular weight is 333 g/mol. The predicted molar refractivity (Wildman–Crippen MR) is 96.2 cm³/mol. The molecule has 0 aromatic heterocycles. The van der Waals surface area contributed by atoms with Crippen LogP contribution in [-0.4, -0.2) is 29.7 Å². The molecule has 2 N–H and O–H groups in total. The minimum absolute atomic E-state index is 0.0925. The van der Waals surface area contributed by atoms with Crippen LogP contribution >= 0.6 is 0 Å². The second kappa shape index (κ2) is 6.43. The van der Waals surface area contributed by atoms with Crippen molar-refractivity contribution in [2.45, 2.75) is 12.8 Å². The highest BCUT2D eigenvalue weighted by atomic mass is 16.5. The molecule has 2 aromatic carbocycles. The smallest absolute Gasteiger partial charge is 0.225 e. The number of rotatable bonds is 5. The average Bonchev–Trinajstić information content (AvgIpc) is 3.05. The van der Waals surface area contributed by atoms with Crippen molar-refractivity contribution >= 4 is 11.6 Å². The first-order valence-corrected chi connectivity index (χ1v) is 8.36. The summed E-state index contributed by atoms with van der Waals surface area (Å²) in [5.74, 6) is 0.947. The van der Waals surface area contributed by atoms with Crippen molar-refractivity contribution in [2.75, 3.05) is 13.1 Å². The molecule has 5 nitrogen and oxygen atoms in total. The predicted octanol–water partition coefficient (Wildman–Crippen LogP) is 2.47. The molecule has 0 unspecified atom stereocenters. The molecular formula is C20H19N3O2. The zero-order valence-corrected chi connectivity index (χ0v) is 13.8. The van der Waals surface area contributed by atoms with Gasteiger partial charge >= 0.3 is 0 Å². The van der Waals surface area contributed by atoms with E-state index in [9.17, 15) is 4.79 Å². The van der Waals surface area contributed by atoms with Gasteiger partial charge in [0.05, 0.1) is 13.0 Å². The topological polar surface area (TPSA) is 67.9 Å². The molecule has 0 fully saturated rings. The van der Waals surface area contributed by atoms with Crippen molar-refractivity contribution in [1.29, 1.82) is 0 Å². The Bertz CT molecular complexity index is 872. The van der Waals surface area contributed by atoms with Crippen molar-refractivity contribution in [3.63, 3.8) is 0 Å². The lowest BCUT2D eigenvalue weighted by atomic mass is 9.97. The van der Waals surface area contributed by atoms with Gasteiger partial charge in [0.15, 0.2) is 0 Å². The van der Waals surface area contributed by atoms with E-state index in [2.05, 4.69) is 12.1 Å². The Kier molecular flexibility index (Phi) is 3.98. The Morgan fingerprint density at radius 3 is 2.68 bits per heavy atom. The van der Waals surface area contributed by atoms with Crippen molar-refractivity contribution < 1.29 is 9.53 Å². The first-order valence-electron chi connectivity index (χ1n) is 8.36. The molecule has 0 saturated heterocycles. The molecule has 0 bridgehead atoms. The van der Waals surface area contributed by atoms with Gasteiger partial charge in [-0.2, -0.15) is 5.10 Å². The van der Waals surface area contributed by atoms with E-state index >= 15 is 0 Å². The number of ether oxygens (including phenoxy) is 1. The van der Waals surface area contributed by atoms with E-state index < -0.39 is 5.91 Å². The molecule has 2 aliphatic heterocycles. The Morgan fingerprint density at radius 2 is 1.88 bits per heavy atom. The number of nitrogens with two attached hydrogens (primary N) is 1. The molecule has 2 aromatic rings. The number of para-hydroxylation sites is 1. The van der Waals surface area contributed by atoms with Gasteiger partial charge in [-0.05, 0) is 24.1 Å². The third-order valence-corrected chi connectivity index (χ3v) is 4.42. The number of carbonyl (C=O) groups excluding carboxylic acids is 1. The molecule has 0 saturated carbocycles. The molecule has 25 heavy (non-hydrogen) atoms. The Labute approximate surface area is 146 Å². The van der Waals surface area contributed by atoms with E-state index in [4.69, 9.17) is 15.6 Å². The Hall–Kier alpha value is -3.08. The molecule has 4 rings (SSSR count). The third-order valence-electron chi connectivity index (χ3n) is 4.42. The molecule has 2 heterocycles. The quantitative estimate of drug-likeness (QED) is 0.914. The number of benzene rings is 2. The monoisotopic (exact) mass is 333 g/mol. The lowest BCUT2D eigenvalue weighted by Gasteiger charge is -2.21. The van der Waals surface area contributed by atoms with Crippen LogP contribution in [0.25, 0.3) is 0 Å². The fourth-order valence-corrected chi connectivity index (χ4v) is 3.21. The summed E-state index contributed by atoms with van der Waals surface area (Å²) in [6.07, 6.45) is 1.01. The Morgan fingerprint density at radius 1 is 1.12 bits per heavy atom. The highest BCUT2D eigenvalue weighted by Gasteiger charge is 2.32. The summed E-state index contributed by atoms with van der Waals surface area (Å²) in [6.45, 7) is 1.45. The van der Waals surface area contributed by atoms with Crippen LogP contribution in [0.3, 0.4) is 0 Å². The van der Waals surface area contributed by atoms with Gasteiger partial charge < -0.3 is 10.5 Å². The number of amides is 1. The highest BCUT2D eigenvalue weighted by Crippen LogP contribution is 2.35. The maximum Gasteiger partial charge on any atom is 0.225 e. The van der Waals surface area contributed by atoms with E-state index in [1.165, 1.54) is 5.56 Å². The van der Waals surface area contributed by atoms with Crippen LogP contribution in [0.5, 0.6) is 5.75 Å². The van der Waals surface area contributed by atoms with Gasteiger partial charge in [-0.25, -0.2) is 0 Å². The molecule has 5 heteroatoms. The summed E-state index contributed by atoms with van der Waals surface area (Å²) >= 11 is 0. The fraction of sp³-hybridized carbons (Fsp3) is 0.200. The van der Waals surface area contributed by atoms with Crippen LogP contribution in [0.2, 0.25) is 0 Å². The Balaban J connectivity index is 1.61. The molecule has 0 atom stereocenters. The zero-order valence-electron chi connectivity index (χ0n) is 13.8. The van der Waals surface area contributed by atoms with Crippen LogP contribution in [0, 0.1) is 0 Å². The van der Waals surface area contributed by atoms with Crippen LogP contribution < -0.4 is 10.5 Å². The number of hydrogen-bond acceptors (Lipinski definition) is 4. The van der Waals surface area contributed by atoms with Crippen LogP contribution in [0.15, 0.2) is 71.0 Å². The summed E-state index contributed by atoms with van der Waals surface area (Å²) < 4.78 is 5.94. The standard InChI is InChI=1S/C20H19N3O2/c21-19(24)12-18-16-13-23(11-10-14-6-2-1-3-7-14)22-20(16)15-8-4-5-9-17(15)25-18/h1-9H,10-13H2,(H2,21,24). The number of fused-ring (bicyclic) bond motifs is 3. The van der Waals surface area contributed by atoms with Gasteiger partial charge in [-0.15, -0.1) is 0 Å². The van der Waals surface area contributed by atoms with E-state index in [-0.39, 0.29) is 6.42 Å².